The van der Waals surface area contributed by atoms with Crippen molar-refractivity contribution in [1.82, 2.24) is 5.32 Å². The zero-order valence-electron chi connectivity index (χ0n) is 32.7. The van der Waals surface area contributed by atoms with Crippen molar-refractivity contribution in [2.24, 2.45) is 0 Å². The van der Waals surface area contributed by atoms with Gasteiger partial charge in [0.2, 0.25) is 5.91 Å². The third kappa shape index (κ3) is 38.4. The molecular weight excluding hydrogens is 622 g/mol. The maximum atomic E-state index is 12.7. The summed E-state index contributed by atoms with van der Waals surface area (Å²) in [6.45, 7) is 4.11. The molecule has 0 saturated carbocycles. The molecule has 0 radical (unpaired) electrons. The van der Waals surface area contributed by atoms with E-state index in [9.17, 15) is 14.4 Å². The van der Waals surface area contributed by atoms with Crippen molar-refractivity contribution in [2.75, 3.05) is 6.54 Å². The molecule has 0 aromatic carbocycles. The highest BCUT2D eigenvalue weighted by Gasteiger charge is 2.11. The minimum atomic E-state index is -1.02. The molecule has 50 heavy (non-hydrogen) atoms. The van der Waals surface area contributed by atoms with Crippen LogP contribution in [0.2, 0.25) is 0 Å². The Morgan fingerprint density at radius 1 is 0.540 bits per heavy atom. The van der Waals surface area contributed by atoms with E-state index in [-0.39, 0.29) is 24.5 Å². The summed E-state index contributed by atoms with van der Waals surface area (Å²) in [7, 11) is 0. The SMILES string of the molecule is CC/C=C\C/C=C\C/C=C\C(CCCCCCCCC(=O)NCC(=O)O)OC(=O)CCCCCCCCCCCCCCCCCCCCC. The van der Waals surface area contributed by atoms with Crippen LogP contribution in [0.3, 0.4) is 0 Å². The maximum Gasteiger partial charge on any atom is 0.322 e. The average Bonchev–Trinajstić information content (AvgIpc) is 3.10. The van der Waals surface area contributed by atoms with Crippen LogP contribution in [0.15, 0.2) is 36.5 Å². The number of allylic oxidation sites excluding steroid dienone is 5. The third-order valence-electron chi connectivity index (χ3n) is 9.31. The van der Waals surface area contributed by atoms with Gasteiger partial charge >= 0.3 is 11.9 Å². The molecule has 0 fully saturated rings. The largest absolute Gasteiger partial charge is 0.480 e. The molecule has 2 N–H and O–H groups in total. The lowest BCUT2D eigenvalue weighted by atomic mass is 10.0. The van der Waals surface area contributed by atoms with E-state index in [1.54, 1.807) is 0 Å². The van der Waals surface area contributed by atoms with Gasteiger partial charge in [-0.05, 0) is 51.0 Å². The lowest BCUT2D eigenvalue weighted by Crippen LogP contribution is -2.28. The highest BCUT2D eigenvalue weighted by molar-refractivity contribution is 5.80. The van der Waals surface area contributed by atoms with Crippen molar-refractivity contribution in [3.63, 3.8) is 0 Å². The summed E-state index contributed by atoms with van der Waals surface area (Å²) < 4.78 is 5.91. The Morgan fingerprint density at radius 3 is 1.44 bits per heavy atom. The number of rotatable bonds is 38. The van der Waals surface area contributed by atoms with Gasteiger partial charge in [-0.1, -0.05) is 185 Å². The Labute approximate surface area is 308 Å². The molecule has 0 saturated heterocycles. The smallest absolute Gasteiger partial charge is 0.322 e. The fourth-order valence-corrected chi connectivity index (χ4v) is 6.21. The van der Waals surface area contributed by atoms with Gasteiger partial charge < -0.3 is 15.2 Å². The number of hydrogen-bond acceptors (Lipinski definition) is 4. The molecule has 0 rings (SSSR count). The number of carbonyl (C=O) groups excluding carboxylic acids is 2. The monoisotopic (exact) mass is 702 g/mol. The summed E-state index contributed by atoms with van der Waals surface area (Å²) in [6.07, 6.45) is 48.7. The van der Waals surface area contributed by atoms with E-state index in [0.29, 0.717) is 12.8 Å². The summed E-state index contributed by atoms with van der Waals surface area (Å²) in [5, 5.41) is 11.0. The van der Waals surface area contributed by atoms with E-state index in [2.05, 4.69) is 55.6 Å². The number of ether oxygens (including phenoxy) is 1. The van der Waals surface area contributed by atoms with E-state index in [0.717, 1.165) is 77.0 Å². The normalized spacial score (nSPS) is 12.4. The first-order chi connectivity index (χ1) is 24.5. The van der Waals surface area contributed by atoms with E-state index < -0.39 is 5.97 Å². The number of nitrogens with one attached hydrogen (secondary N) is 1. The predicted octanol–water partition coefficient (Wildman–Crippen LogP) is 12.9. The van der Waals surface area contributed by atoms with E-state index in [4.69, 9.17) is 9.84 Å². The number of carboxylic acids is 1. The number of aliphatic carboxylic acids is 1. The molecule has 0 bridgehead atoms. The highest BCUT2D eigenvalue weighted by Crippen LogP contribution is 2.17. The van der Waals surface area contributed by atoms with Gasteiger partial charge in [-0.3, -0.25) is 14.4 Å². The Hall–Kier alpha value is -2.37. The molecule has 0 aromatic heterocycles. The summed E-state index contributed by atoms with van der Waals surface area (Å²) in [4.78, 5) is 34.8. The topological polar surface area (TPSA) is 92.7 Å². The van der Waals surface area contributed by atoms with Gasteiger partial charge in [0.15, 0.2) is 0 Å². The molecule has 290 valence electrons. The van der Waals surface area contributed by atoms with Gasteiger partial charge in [-0.2, -0.15) is 0 Å². The van der Waals surface area contributed by atoms with Crippen LogP contribution >= 0.6 is 0 Å². The molecular formula is C44H79NO5. The predicted molar refractivity (Wildman–Crippen MR) is 212 cm³/mol. The molecule has 0 aliphatic carbocycles. The molecule has 1 atom stereocenters. The second-order valence-electron chi connectivity index (χ2n) is 14.2. The molecule has 0 heterocycles. The van der Waals surface area contributed by atoms with Crippen LogP contribution in [0.4, 0.5) is 0 Å². The molecule has 0 aromatic rings. The summed E-state index contributed by atoms with van der Waals surface area (Å²) in [6, 6.07) is 0. The van der Waals surface area contributed by atoms with Crippen LogP contribution in [0.25, 0.3) is 0 Å². The van der Waals surface area contributed by atoms with Crippen LogP contribution in [-0.4, -0.2) is 35.6 Å². The van der Waals surface area contributed by atoms with Gasteiger partial charge in [-0.25, -0.2) is 0 Å². The maximum absolute atomic E-state index is 12.7. The number of carboxylic acid groups (broad SMARTS) is 1. The van der Waals surface area contributed by atoms with Gasteiger partial charge in [0.05, 0.1) is 0 Å². The van der Waals surface area contributed by atoms with Crippen LogP contribution in [0.1, 0.15) is 213 Å². The van der Waals surface area contributed by atoms with Crippen molar-refractivity contribution in [3.05, 3.63) is 36.5 Å². The van der Waals surface area contributed by atoms with Crippen LogP contribution < -0.4 is 5.32 Å². The summed E-state index contributed by atoms with van der Waals surface area (Å²) >= 11 is 0. The Morgan fingerprint density at radius 2 is 0.960 bits per heavy atom. The van der Waals surface area contributed by atoms with Gasteiger partial charge in [-0.15, -0.1) is 0 Å². The number of esters is 1. The lowest BCUT2D eigenvalue weighted by Gasteiger charge is -2.14. The molecule has 0 spiro atoms. The fraction of sp³-hybridized carbons (Fsp3) is 0.795. The minimum Gasteiger partial charge on any atom is -0.480 e. The van der Waals surface area contributed by atoms with Crippen LogP contribution in [0, 0.1) is 0 Å². The Balaban J connectivity index is 4.04. The first kappa shape index (κ1) is 47.6. The Bertz CT molecular complexity index is 864. The quantitative estimate of drug-likeness (QED) is 0.0380. The van der Waals surface area contributed by atoms with Gasteiger partial charge in [0, 0.05) is 12.8 Å². The average molecular weight is 702 g/mol. The van der Waals surface area contributed by atoms with E-state index >= 15 is 0 Å². The Kier molecular flexibility index (Phi) is 37.5. The molecule has 1 unspecified atom stereocenters. The molecule has 0 aliphatic rings. The third-order valence-corrected chi connectivity index (χ3v) is 9.31. The standard InChI is InChI=1S/C44H79NO5/c1-3-5-7-9-11-13-14-15-16-17-18-19-20-21-22-23-25-31-35-39-44(49)50-41(36-32-28-24-12-10-8-6-4-2)37-33-29-26-27-30-34-38-42(46)45-40-43(47)48/h6,8,12,24,32,36,41H,3-5,7,9-11,13-23,25-31,33-35,37-40H2,1-2H3,(H,45,46)(H,47,48)/b8-6-,24-12-,36-32-. The summed E-state index contributed by atoms with van der Waals surface area (Å²) in [5.41, 5.74) is 0. The molecule has 1 amide bonds. The number of hydrogen-bond donors (Lipinski definition) is 2. The van der Waals surface area contributed by atoms with Gasteiger partial charge in [0.1, 0.15) is 12.6 Å². The first-order valence-corrected chi connectivity index (χ1v) is 21.1. The minimum absolute atomic E-state index is 0.0759. The number of unbranched alkanes of at least 4 members (excludes halogenated alkanes) is 23. The zero-order chi connectivity index (χ0) is 36.6. The molecule has 6 nitrogen and oxygen atoms in total. The van der Waals surface area contributed by atoms with Crippen LogP contribution in [-0.2, 0) is 19.1 Å². The first-order valence-electron chi connectivity index (χ1n) is 21.1. The summed E-state index contributed by atoms with van der Waals surface area (Å²) in [5.74, 6) is -1.29. The van der Waals surface area contributed by atoms with E-state index in [1.165, 1.54) is 109 Å². The second kappa shape index (κ2) is 39.4. The van der Waals surface area contributed by atoms with Crippen molar-refractivity contribution in [2.45, 2.75) is 219 Å². The van der Waals surface area contributed by atoms with Crippen molar-refractivity contribution in [3.8, 4) is 0 Å². The molecule has 0 aliphatic heterocycles. The lowest BCUT2D eigenvalue weighted by molar-refractivity contribution is -0.147. The van der Waals surface area contributed by atoms with E-state index in [1.807, 2.05) is 0 Å². The number of amides is 1. The van der Waals surface area contributed by atoms with Crippen LogP contribution in [0.5, 0.6) is 0 Å². The van der Waals surface area contributed by atoms with Crippen molar-refractivity contribution >= 4 is 17.8 Å². The zero-order valence-corrected chi connectivity index (χ0v) is 32.7. The molecule has 6 heteroatoms. The fourth-order valence-electron chi connectivity index (χ4n) is 6.21. The second-order valence-corrected chi connectivity index (χ2v) is 14.2. The van der Waals surface area contributed by atoms with Gasteiger partial charge in [0.25, 0.3) is 0 Å². The van der Waals surface area contributed by atoms with Crippen molar-refractivity contribution in [1.29, 1.82) is 0 Å². The highest BCUT2D eigenvalue weighted by atomic mass is 16.5. The number of carbonyl (C=O) groups is 3. The van der Waals surface area contributed by atoms with Crippen molar-refractivity contribution < 1.29 is 24.2 Å².